The van der Waals surface area contributed by atoms with Gasteiger partial charge in [-0.25, -0.2) is 4.98 Å². The van der Waals surface area contributed by atoms with E-state index in [1.54, 1.807) is 6.07 Å². The summed E-state index contributed by atoms with van der Waals surface area (Å²) >= 11 is 0. The number of rotatable bonds is 5. The summed E-state index contributed by atoms with van der Waals surface area (Å²) in [6.07, 6.45) is 0.751. The van der Waals surface area contributed by atoms with Gasteiger partial charge in [0.25, 0.3) is 0 Å². The quantitative estimate of drug-likeness (QED) is 0.580. The molecule has 7 heteroatoms. The molecule has 0 saturated heterocycles. The molecule has 3 N–H and O–H groups in total. The average molecular weight is 235 g/mol. The summed E-state index contributed by atoms with van der Waals surface area (Å²) in [4.78, 5) is 13.8. The number of pyridine rings is 1. The van der Waals surface area contributed by atoms with Crippen molar-refractivity contribution in [1.82, 2.24) is 4.98 Å². The largest absolute Gasteiger partial charge is 0.370 e. The van der Waals surface area contributed by atoms with Gasteiger partial charge in [0.05, 0.1) is 4.92 Å². The Labute approximate surface area is 98.4 Å². The van der Waals surface area contributed by atoms with Crippen molar-refractivity contribution in [2.75, 3.05) is 11.9 Å². The standard InChI is InChI=1S/C10H13N5O2/c1-7(12)4-5-13-10-3-2-9(15(16)17)8(6-11)14-10/h2-3,7H,4-5,12H2,1H3,(H,13,14). The lowest BCUT2D eigenvalue weighted by atomic mass is 10.2. The van der Waals surface area contributed by atoms with Crippen LogP contribution in [0.15, 0.2) is 12.1 Å². The van der Waals surface area contributed by atoms with Gasteiger partial charge in [0.15, 0.2) is 0 Å². The molecule has 1 rings (SSSR count). The number of nitrogens with two attached hydrogens (primary N) is 1. The van der Waals surface area contributed by atoms with Gasteiger partial charge in [0.1, 0.15) is 11.9 Å². The summed E-state index contributed by atoms with van der Waals surface area (Å²) in [6, 6.07) is 4.50. The van der Waals surface area contributed by atoms with Gasteiger partial charge in [-0.1, -0.05) is 0 Å². The van der Waals surface area contributed by atoms with Crippen LogP contribution in [0.3, 0.4) is 0 Å². The van der Waals surface area contributed by atoms with Crippen LogP contribution in [-0.4, -0.2) is 22.5 Å². The highest BCUT2D eigenvalue weighted by Crippen LogP contribution is 2.17. The minimum absolute atomic E-state index is 0.0657. The lowest BCUT2D eigenvalue weighted by Gasteiger charge is -2.07. The highest BCUT2D eigenvalue weighted by molar-refractivity contribution is 5.50. The summed E-state index contributed by atoms with van der Waals surface area (Å²) < 4.78 is 0. The van der Waals surface area contributed by atoms with Crippen molar-refractivity contribution in [3.8, 4) is 6.07 Å². The Bertz CT molecular complexity index is 452. The van der Waals surface area contributed by atoms with Gasteiger partial charge in [-0.05, 0) is 19.4 Å². The van der Waals surface area contributed by atoms with Crippen LogP contribution in [0.5, 0.6) is 0 Å². The van der Waals surface area contributed by atoms with E-state index in [2.05, 4.69) is 10.3 Å². The number of nitrogens with zero attached hydrogens (tertiary/aromatic N) is 3. The molecule has 0 aliphatic carbocycles. The van der Waals surface area contributed by atoms with Crippen molar-refractivity contribution in [3.05, 3.63) is 27.9 Å². The van der Waals surface area contributed by atoms with Crippen LogP contribution < -0.4 is 11.1 Å². The molecule has 17 heavy (non-hydrogen) atoms. The number of hydrogen-bond acceptors (Lipinski definition) is 6. The minimum Gasteiger partial charge on any atom is -0.370 e. The van der Waals surface area contributed by atoms with E-state index in [4.69, 9.17) is 11.0 Å². The summed E-state index contributed by atoms with van der Waals surface area (Å²) in [5.74, 6) is 0.438. The molecule has 0 fully saturated rings. The minimum atomic E-state index is -0.628. The molecule has 1 atom stereocenters. The van der Waals surface area contributed by atoms with Crippen LogP contribution in [0.2, 0.25) is 0 Å². The smallest absolute Gasteiger partial charge is 0.305 e. The van der Waals surface area contributed by atoms with E-state index < -0.39 is 4.92 Å². The van der Waals surface area contributed by atoms with Gasteiger partial charge < -0.3 is 11.1 Å². The number of hydrogen-bond donors (Lipinski definition) is 2. The lowest BCUT2D eigenvalue weighted by molar-refractivity contribution is -0.385. The molecule has 7 nitrogen and oxygen atoms in total. The van der Waals surface area contributed by atoms with E-state index in [-0.39, 0.29) is 17.4 Å². The third-order valence-electron chi connectivity index (χ3n) is 2.08. The van der Waals surface area contributed by atoms with E-state index in [0.29, 0.717) is 12.4 Å². The fourth-order valence-corrected chi connectivity index (χ4v) is 1.21. The second-order valence-corrected chi connectivity index (χ2v) is 3.63. The monoisotopic (exact) mass is 235 g/mol. The van der Waals surface area contributed by atoms with Crippen molar-refractivity contribution < 1.29 is 4.92 Å². The SMILES string of the molecule is CC(N)CCNc1ccc([N+](=O)[O-])c(C#N)n1. The van der Waals surface area contributed by atoms with E-state index in [0.717, 1.165) is 6.42 Å². The highest BCUT2D eigenvalue weighted by Gasteiger charge is 2.15. The molecule has 0 aromatic carbocycles. The first-order chi connectivity index (χ1) is 8.04. The van der Waals surface area contributed by atoms with Crippen LogP contribution in [0.25, 0.3) is 0 Å². The van der Waals surface area contributed by atoms with Gasteiger partial charge in [0, 0.05) is 18.7 Å². The fraction of sp³-hybridized carbons (Fsp3) is 0.400. The molecule has 90 valence electrons. The third-order valence-corrected chi connectivity index (χ3v) is 2.08. The van der Waals surface area contributed by atoms with Gasteiger partial charge in [-0.3, -0.25) is 10.1 Å². The van der Waals surface area contributed by atoms with Gasteiger partial charge in [-0.2, -0.15) is 5.26 Å². The predicted octanol–water partition coefficient (Wildman–Crippen LogP) is 1.01. The van der Waals surface area contributed by atoms with Crippen molar-refractivity contribution in [2.45, 2.75) is 19.4 Å². The molecule has 1 heterocycles. The Kier molecular flexibility index (Phi) is 4.37. The number of nitriles is 1. The first kappa shape index (κ1) is 12.9. The maximum atomic E-state index is 10.6. The first-order valence-electron chi connectivity index (χ1n) is 5.09. The highest BCUT2D eigenvalue weighted by atomic mass is 16.6. The van der Waals surface area contributed by atoms with E-state index >= 15 is 0 Å². The summed E-state index contributed by atoms with van der Waals surface area (Å²) in [7, 11) is 0. The maximum Gasteiger partial charge on any atom is 0.305 e. The Morgan fingerprint density at radius 1 is 1.71 bits per heavy atom. The number of anilines is 1. The van der Waals surface area contributed by atoms with E-state index in [1.807, 2.05) is 6.92 Å². The molecule has 1 aromatic heterocycles. The normalized spacial score (nSPS) is 11.6. The van der Waals surface area contributed by atoms with Crippen molar-refractivity contribution in [2.24, 2.45) is 5.73 Å². The fourth-order valence-electron chi connectivity index (χ4n) is 1.21. The van der Waals surface area contributed by atoms with Crippen molar-refractivity contribution in [1.29, 1.82) is 5.26 Å². The summed E-state index contributed by atoms with van der Waals surface area (Å²) in [5.41, 5.74) is 5.09. The third kappa shape index (κ3) is 3.70. The molecule has 0 radical (unpaired) electrons. The van der Waals surface area contributed by atoms with Crippen LogP contribution in [0.4, 0.5) is 11.5 Å². The molecule has 0 aliphatic rings. The molecular weight excluding hydrogens is 222 g/mol. The Hall–Kier alpha value is -2.20. The van der Waals surface area contributed by atoms with Crippen molar-refractivity contribution >= 4 is 11.5 Å². The number of nitro groups is 1. The van der Waals surface area contributed by atoms with Crippen LogP contribution in [0, 0.1) is 21.4 Å². The summed E-state index contributed by atoms with van der Waals surface area (Å²) in [6.45, 7) is 2.49. The molecule has 0 aliphatic heterocycles. The van der Waals surface area contributed by atoms with Gasteiger partial charge in [0.2, 0.25) is 5.69 Å². The zero-order valence-corrected chi connectivity index (χ0v) is 9.38. The van der Waals surface area contributed by atoms with Crippen LogP contribution >= 0.6 is 0 Å². The maximum absolute atomic E-state index is 10.6. The van der Waals surface area contributed by atoms with Gasteiger partial charge >= 0.3 is 5.69 Å². The zero-order valence-electron chi connectivity index (χ0n) is 9.38. The molecule has 0 spiro atoms. The Morgan fingerprint density at radius 3 is 2.94 bits per heavy atom. The number of nitrogens with one attached hydrogen (secondary N) is 1. The van der Waals surface area contributed by atoms with E-state index in [1.165, 1.54) is 12.1 Å². The molecule has 1 unspecified atom stereocenters. The van der Waals surface area contributed by atoms with Gasteiger partial charge in [-0.15, -0.1) is 0 Å². The van der Waals surface area contributed by atoms with E-state index in [9.17, 15) is 10.1 Å². The Morgan fingerprint density at radius 2 is 2.41 bits per heavy atom. The lowest BCUT2D eigenvalue weighted by Crippen LogP contribution is -2.19. The summed E-state index contributed by atoms with van der Waals surface area (Å²) in [5, 5.41) is 22.3. The van der Waals surface area contributed by atoms with Crippen LogP contribution in [0.1, 0.15) is 19.0 Å². The predicted molar refractivity (Wildman–Crippen MR) is 62.4 cm³/mol. The molecule has 0 saturated carbocycles. The molecule has 0 bridgehead atoms. The first-order valence-corrected chi connectivity index (χ1v) is 5.09. The average Bonchev–Trinajstić information content (AvgIpc) is 2.28. The second-order valence-electron chi connectivity index (χ2n) is 3.63. The molecule has 0 amide bonds. The molecule has 1 aromatic rings. The second kappa shape index (κ2) is 5.77. The van der Waals surface area contributed by atoms with Crippen molar-refractivity contribution in [3.63, 3.8) is 0 Å². The molecular formula is C10H13N5O2. The number of aromatic nitrogens is 1. The topological polar surface area (TPSA) is 118 Å². The Balaban J connectivity index is 2.77. The zero-order chi connectivity index (χ0) is 12.8. The van der Waals surface area contributed by atoms with Crippen LogP contribution in [-0.2, 0) is 0 Å².